The van der Waals surface area contributed by atoms with Crippen molar-refractivity contribution in [2.45, 2.75) is 12.8 Å². The highest BCUT2D eigenvalue weighted by molar-refractivity contribution is 9.10. The lowest BCUT2D eigenvalue weighted by Crippen LogP contribution is -2.17. The molecule has 0 fully saturated rings. The van der Waals surface area contributed by atoms with Gasteiger partial charge >= 0.3 is 6.36 Å². The molecule has 0 aliphatic carbocycles. The summed E-state index contributed by atoms with van der Waals surface area (Å²) >= 11 is 3.02. The van der Waals surface area contributed by atoms with Crippen molar-refractivity contribution in [1.29, 1.82) is 0 Å². The predicted molar refractivity (Wildman–Crippen MR) is 79.6 cm³/mol. The molecule has 23 heavy (non-hydrogen) atoms. The highest BCUT2D eigenvalue weighted by Crippen LogP contribution is 2.24. The Hall–Kier alpha value is -2.09. The number of amides is 1. The Morgan fingerprint density at radius 1 is 1.13 bits per heavy atom. The lowest BCUT2D eigenvalue weighted by Gasteiger charge is -2.10. The summed E-state index contributed by atoms with van der Waals surface area (Å²) in [7, 11) is 0. The number of nitrogens with one attached hydrogen (secondary N) is 1. The van der Waals surface area contributed by atoms with E-state index in [4.69, 9.17) is 0 Å². The fourth-order valence-corrected chi connectivity index (χ4v) is 2.21. The van der Waals surface area contributed by atoms with Gasteiger partial charge in [0.2, 0.25) is 5.91 Å². The van der Waals surface area contributed by atoms with Crippen LogP contribution in [0, 0.1) is 5.82 Å². The molecule has 3 nitrogen and oxygen atoms in total. The van der Waals surface area contributed by atoms with Gasteiger partial charge in [0.05, 0.1) is 10.9 Å². The number of alkyl halides is 3. The third-order valence-corrected chi connectivity index (χ3v) is 3.33. The van der Waals surface area contributed by atoms with Gasteiger partial charge < -0.3 is 10.1 Å². The number of anilines is 1. The molecule has 0 radical (unpaired) electrons. The molecule has 0 saturated carbocycles. The van der Waals surface area contributed by atoms with Crippen molar-refractivity contribution >= 4 is 27.5 Å². The lowest BCUT2D eigenvalue weighted by atomic mass is 10.1. The number of rotatable bonds is 4. The van der Waals surface area contributed by atoms with Crippen LogP contribution in [-0.2, 0) is 11.2 Å². The van der Waals surface area contributed by atoms with Crippen LogP contribution in [0.2, 0.25) is 0 Å². The fraction of sp³-hybridized carbons (Fsp3) is 0.133. The maximum Gasteiger partial charge on any atom is 0.573 e. The summed E-state index contributed by atoms with van der Waals surface area (Å²) in [6.07, 6.45) is -4.76. The number of hydrogen-bond acceptors (Lipinski definition) is 2. The van der Waals surface area contributed by atoms with Gasteiger partial charge in [-0.15, -0.1) is 13.2 Å². The Morgan fingerprint density at radius 3 is 2.35 bits per heavy atom. The zero-order valence-electron chi connectivity index (χ0n) is 11.5. The highest BCUT2D eigenvalue weighted by atomic mass is 79.9. The second-order valence-corrected chi connectivity index (χ2v) is 5.40. The molecule has 2 aromatic carbocycles. The molecule has 0 unspecified atom stereocenters. The van der Waals surface area contributed by atoms with Gasteiger partial charge in [-0.1, -0.05) is 6.07 Å². The van der Waals surface area contributed by atoms with Crippen molar-refractivity contribution in [1.82, 2.24) is 0 Å². The number of ether oxygens (including phenoxy) is 1. The van der Waals surface area contributed by atoms with Crippen LogP contribution in [0.1, 0.15) is 5.56 Å². The first-order valence-electron chi connectivity index (χ1n) is 6.32. The van der Waals surface area contributed by atoms with E-state index in [0.717, 1.165) is 12.1 Å². The first-order valence-corrected chi connectivity index (χ1v) is 7.12. The van der Waals surface area contributed by atoms with Gasteiger partial charge in [-0.3, -0.25) is 4.79 Å². The number of carbonyl (C=O) groups excluding carboxylic acids is 1. The van der Waals surface area contributed by atoms with Crippen LogP contribution in [0.25, 0.3) is 0 Å². The van der Waals surface area contributed by atoms with E-state index in [2.05, 4.69) is 26.0 Å². The minimum atomic E-state index is -4.76. The summed E-state index contributed by atoms with van der Waals surface area (Å²) in [5, 5.41) is 2.53. The molecule has 2 aromatic rings. The third kappa shape index (κ3) is 5.55. The summed E-state index contributed by atoms with van der Waals surface area (Å²) in [4.78, 5) is 11.9. The molecule has 0 spiro atoms. The number of benzene rings is 2. The molecule has 0 atom stereocenters. The topological polar surface area (TPSA) is 38.3 Å². The Kier molecular flexibility index (Phi) is 5.25. The zero-order valence-corrected chi connectivity index (χ0v) is 13.0. The minimum Gasteiger partial charge on any atom is -0.406 e. The van der Waals surface area contributed by atoms with Crippen molar-refractivity contribution in [3.05, 3.63) is 58.3 Å². The van der Waals surface area contributed by atoms with Crippen LogP contribution in [-0.4, -0.2) is 12.3 Å². The molecule has 0 aliphatic heterocycles. The second kappa shape index (κ2) is 6.99. The number of carbonyl (C=O) groups is 1. The Labute approximate surface area is 137 Å². The van der Waals surface area contributed by atoms with Crippen molar-refractivity contribution in [3.8, 4) is 5.75 Å². The van der Waals surface area contributed by atoms with Gasteiger partial charge in [-0.25, -0.2) is 4.39 Å². The minimum absolute atomic E-state index is 0.000315. The van der Waals surface area contributed by atoms with E-state index in [1.54, 1.807) is 0 Å². The highest BCUT2D eigenvalue weighted by Gasteiger charge is 2.30. The van der Waals surface area contributed by atoms with Gasteiger partial charge in [0, 0.05) is 5.69 Å². The first kappa shape index (κ1) is 17.3. The normalized spacial score (nSPS) is 11.2. The van der Waals surface area contributed by atoms with Crippen molar-refractivity contribution in [2.75, 3.05) is 5.32 Å². The third-order valence-electron chi connectivity index (χ3n) is 2.72. The molecule has 2 rings (SSSR count). The van der Waals surface area contributed by atoms with Crippen LogP contribution < -0.4 is 10.1 Å². The number of halogens is 5. The largest absolute Gasteiger partial charge is 0.573 e. The maximum atomic E-state index is 13.1. The smallest absolute Gasteiger partial charge is 0.406 e. The SMILES string of the molecule is O=C(Cc1ccc(F)c(Br)c1)Nc1ccc(OC(F)(F)F)cc1. The van der Waals surface area contributed by atoms with E-state index in [0.29, 0.717) is 11.3 Å². The molecule has 0 aliphatic rings. The zero-order chi connectivity index (χ0) is 17.0. The van der Waals surface area contributed by atoms with E-state index < -0.39 is 12.2 Å². The van der Waals surface area contributed by atoms with Crippen molar-refractivity contribution < 1.29 is 27.1 Å². The summed E-state index contributed by atoms with van der Waals surface area (Å²) in [5.74, 6) is -1.19. The molecular formula is C15H10BrF4NO2. The Bertz CT molecular complexity index is 702. The average Bonchev–Trinajstić information content (AvgIpc) is 2.43. The predicted octanol–water partition coefficient (Wildman–Crippen LogP) is 4.67. The fourth-order valence-electron chi connectivity index (χ4n) is 1.78. The van der Waals surface area contributed by atoms with E-state index >= 15 is 0 Å². The molecule has 0 heterocycles. The summed E-state index contributed by atoms with van der Waals surface area (Å²) < 4.78 is 53.2. The molecular weight excluding hydrogens is 382 g/mol. The first-order chi connectivity index (χ1) is 10.7. The second-order valence-electron chi connectivity index (χ2n) is 4.55. The van der Waals surface area contributed by atoms with E-state index in [1.165, 1.54) is 30.3 Å². The Balaban J connectivity index is 1.96. The van der Waals surface area contributed by atoms with E-state index in [9.17, 15) is 22.4 Å². The molecule has 1 amide bonds. The van der Waals surface area contributed by atoms with Crippen molar-refractivity contribution in [3.63, 3.8) is 0 Å². The standard InChI is InChI=1S/C15H10BrF4NO2/c16-12-7-9(1-6-13(12)17)8-14(22)21-10-2-4-11(5-3-10)23-15(18,19)20/h1-7H,8H2,(H,21,22). The van der Waals surface area contributed by atoms with E-state index in [-0.39, 0.29) is 22.6 Å². The molecule has 0 aromatic heterocycles. The maximum absolute atomic E-state index is 13.1. The van der Waals surface area contributed by atoms with Crippen LogP contribution in [0.5, 0.6) is 5.75 Å². The molecule has 1 N–H and O–H groups in total. The Morgan fingerprint density at radius 2 is 1.78 bits per heavy atom. The molecule has 8 heteroatoms. The van der Waals surface area contributed by atoms with Gasteiger partial charge in [0.1, 0.15) is 11.6 Å². The van der Waals surface area contributed by atoms with E-state index in [1.807, 2.05) is 0 Å². The molecule has 122 valence electrons. The summed E-state index contributed by atoms with van der Waals surface area (Å²) in [5.41, 5.74) is 0.915. The van der Waals surface area contributed by atoms with Gasteiger partial charge in [0.15, 0.2) is 0 Å². The van der Waals surface area contributed by atoms with Crippen LogP contribution in [0.15, 0.2) is 46.9 Å². The van der Waals surface area contributed by atoms with Crippen molar-refractivity contribution in [2.24, 2.45) is 0 Å². The average molecular weight is 392 g/mol. The van der Waals surface area contributed by atoms with Gasteiger partial charge in [-0.05, 0) is 57.9 Å². The molecule has 0 saturated heterocycles. The van der Waals surface area contributed by atoms with Crippen LogP contribution in [0.3, 0.4) is 0 Å². The monoisotopic (exact) mass is 391 g/mol. The molecule has 0 bridgehead atoms. The van der Waals surface area contributed by atoms with Crippen LogP contribution in [0.4, 0.5) is 23.2 Å². The summed E-state index contributed by atoms with van der Waals surface area (Å²) in [6.45, 7) is 0. The lowest BCUT2D eigenvalue weighted by molar-refractivity contribution is -0.274. The van der Waals surface area contributed by atoms with Gasteiger partial charge in [-0.2, -0.15) is 0 Å². The number of hydrogen-bond donors (Lipinski definition) is 1. The van der Waals surface area contributed by atoms with Gasteiger partial charge in [0.25, 0.3) is 0 Å². The summed E-state index contributed by atoms with van der Waals surface area (Å²) in [6, 6.07) is 8.96. The quantitative estimate of drug-likeness (QED) is 0.769. The van der Waals surface area contributed by atoms with Crippen LogP contribution >= 0.6 is 15.9 Å².